The number of hydrogen-bond donors (Lipinski definition) is 0. The summed E-state index contributed by atoms with van der Waals surface area (Å²) in [6, 6.07) is 0. The minimum absolute atomic E-state index is 0.851. The SMILES string of the molecule is CCC(C)CCCC(C)CC(CC(C)C)C(C)C. The summed E-state index contributed by atoms with van der Waals surface area (Å²) in [4.78, 5) is 0. The van der Waals surface area contributed by atoms with Gasteiger partial charge in [-0.1, -0.05) is 74.1 Å². The molecule has 0 aromatic rings. The van der Waals surface area contributed by atoms with E-state index in [4.69, 9.17) is 0 Å². The molecule has 0 aliphatic heterocycles. The number of hydrogen-bond acceptors (Lipinski definition) is 0. The van der Waals surface area contributed by atoms with Gasteiger partial charge in [0.1, 0.15) is 0 Å². The molecule has 3 atom stereocenters. The van der Waals surface area contributed by atoms with E-state index in [1.54, 1.807) is 0 Å². The average molecular weight is 255 g/mol. The summed E-state index contributed by atoms with van der Waals surface area (Å²) < 4.78 is 0. The second-order valence-electron chi connectivity index (χ2n) is 7.42. The fourth-order valence-corrected chi connectivity index (χ4v) is 2.90. The molecule has 0 amide bonds. The van der Waals surface area contributed by atoms with E-state index in [0.717, 1.165) is 29.6 Å². The van der Waals surface area contributed by atoms with Gasteiger partial charge in [0.2, 0.25) is 0 Å². The van der Waals surface area contributed by atoms with Gasteiger partial charge in [0.15, 0.2) is 0 Å². The molecule has 0 nitrogen and oxygen atoms in total. The molecule has 0 aliphatic carbocycles. The first-order valence-electron chi connectivity index (χ1n) is 8.36. The molecule has 0 saturated heterocycles. The van der Waals surface area contributed by atoms with Crippen LogP contribution >= 0.6 is 0 Å². The van der Waals surface area contributed by atoms with Crippen molar-refractivity contribution >= 4 is 0 Å². The zero-order valence-corrected chi connectivity index (χ0v) is 14.1. The van der Waals surface area contributed by atoms with Gasteiger partial charge in [-0.05, 0) is 42.4 Å². The summed E-state index contributed by atoms with van der Waals surface area (Å²) >= 11 is 0. The molecule has 0 rings (SSSR count). The van der Waals surface area contributed by atoms with E-state index in [2.05, 4.69) is 48.5 Å². The standard InChI is InChI=1S/C18H38/c1-8-16(6)10-9-11-17(7)13-18(15(4)5)12-14(2)3/h14-18H,8-13H2,1-7H3. The highest BCUT2D eigenvalue weighted by atomic mass is 14.2. The van der Waals surface area contributed by atoms with Gasteiger partial charge >= 0.3 is 0 Å². The Balaban J connectivity index is 3.91. The van der Waals surface area contributed by atoms with Crippen LogP contribution in [-0.2, 0) is 0 Å². The average Bonchev–Trinajstić information content (AvgIpc) is 2.27. The summed E-state index contributed by atoms with van der Waals surface area (Å²) in [6.45, 7) is 16.7. The van der Waals surface area contributed by atoms with Crippen molar-refractivity contribution in [2.45, 2.75) is 87.0 Å². The molecule has 0 saturated carbocycles. The van der Waals surface area contributed by atoms with E-state index in [1.807, 2.05) is 0 Å². The Morgan fingerprint density at radius 2 is 1.28 bits per heavy atom. The van der Waals surface area contributed by atoms with Crippen LogP contribution in [0.15, 0.2) is 0 Å². The molecule has 0 spiro atoms. The van der Waals surface area contributed by atoms with Crippen LogP contribution < -0.4 is 0 Å². The van der Waals surface area contributed by atoms with Gasteiger partial charge in [0, 0.05) is 0 Å². The highest BCUT2D eigenvalue weighted by Crippen LogP contribution is 2.29. The third kappa shape index (κ3) is 9.00. The Hall–Kier alpha value is 0. The van der Waals surface area contributed by atoms with E-state index in [9.17, 15) is 0 Å². The van der Waals surface area contributed by atoms with Gasteiger partial charge in [-0.2, -0.15) is 0 Å². The number of rotatable bonds is 10. The Morgan fingerprint density at radius 1 is 0.722 bits per heavy atom. The van der Waals surface area contributed by atoms with Crippen LogP contribution in [0.3, 0.4) is 0 Å². The molecule has 3 unspecified atom stereocenters. The van der Waals surface area contributed by atoms with Crippen molar-refractivity contribution in [2.24, 2.45) is 29.6 Å². The van der Waals surface area contributed by atoms with Gasteiger partial charge in [-0.3, -0.25) is 0 Å². The van der Waals surface area contributed by atoms with Gasteiger partial charge in [-0.25, -0.2) is 0 Å². The van der Waals surface area contributed by atoms with E-state index in [-0.39, 0.29) is 0 Å². The zero-order chi connectivity index (χ0) is 14.1. The van der Waals surface area contributed by atoms with E-state index < -0.39 is 0 Å². The van der Waals surface area contributed by atoms with Crippen molar-refractivity contribution in [3.8, 4) is 0 Å². The van der Waals surface area contributed by atoms with Gasteiger partial charge in [0.25, 0.3) is 0 Å². The van der Waals surface area contributed by atoms with Crippen molar-refractivity contribution in [1.29, 1.82) is 0 Å². The predicted octanol–water partition coefficient (Wildman–Crippen LogP) is 6.55. The van der Waals surface area contributed by atoms with Crippen molar-refractivity contribution in [1.82, 2.24) is 0 Å². The molecular weight excluding hydrogens is 216 g/mol. The highest BCUT2D eigenvalue weighted by molar-refractivity contribution is 4.69. The molecule has 0 heterocycles. The fourth-order valence-electron chi connectivity index (χ4n) is 2.90. The molecule has 18 heavy (non-hydrogen) atoms. The third-order valence-corrected chi connectivity index (χ3v) is 4.51. The Morgan fingerprint density at radius 3 is 1.72 bits per heavy atom. The maximum atomic E-state index is 2.46. The summed E-state index contributed by atoms with van der Waals surface area (Å²) in [5, 5.41) is 0. The first-order valence-corrected chi connectivity index (χ1v) is 8.36. The molecule has 0 heteroatoms. The van der Waals surface area contributed by atoms with Crippen molar-refractivity contribution < 1.29 is 0 Å². The maximum Gasteiger partial charge on any atom is -0.0386 e. The normalized spacial score (nSPS) is 17.2. The van der Waals surface area contributed by atoms with Gasteiger partial charge < -0.3 is 0 Å². The lowest BCUT2D eigenvalue weighted by molar-refractivity contribution is 0.251. The Labute approximate surface area is 117 Å². The van der Waals surface area contributed by atoms with Crippen LogP contribution in [0.25, 0.3) is 0 Å². The molecule has 0 N–H and O–H groups in total. The van der Waals surface area contributed by atoms with Crippen LogP contribution in [0, 0.1) is 29.6 Å². The van der Waals surface area contributed by atoms with Crippen LogP contribution in [0.5, 0.6) is 0 Å². The summed E-state index contributed by atoms with van der Waals surface area (Å²) in [5.41, 5.74) is 0. The first kappa shape index (κ1) is 18.0. The summed E-state index contributed by atoms with van der Waals surface area (Å²) in [6.07, 6.45) is 8.49. The molecule has 0 fully saturated rings. The highest BCUT2D eigenvalue weighted by Gasteiger charge is 2.18. The summed E-state index contributed by atoms with van der Waals surface area (Å²) in [7, 11) is 0. The lowest BCUT2D eigenvalue weighted by atomic mass is 9.80. The topological polar surface area (TPSA) is 0 Å². The van der Waals surface area contributed by atoms with E-state index in [0.29, 0.717) is 0 Å². The van der Waals surface area contributed by atoms with Gasteiger partial charge in [0.05, 0.1) is 0 Å². The maximum absolute atomic E-state index is 2.46. The lowest BCUT2D eigenvalue weighted by Gasteiger charge is -2.26. The van der Waals surface area contributed by atoms with Crippen LogP contribution in [-0.4, -0.2) is 0 Å². The van der Waals surface area contributed by atoms with Crippen LogP contribution in [0.1, 0.15) is 87.0 Å². The van der Waals surface area contributed by atoms with Crippen LogP contribution in [0.2, 0.25) is 0 Å². The predicted molar refractivity (Wildman–Crippen MR) is 84.9 cm³/mol. The fraction of sp³-hybridized carbons (Fsp3) is 1.00. The minimum Gasteiger partial charge on any atom is -0.0651 e. The Bertz CT molecular complexity index is 180. The third-order valence-electron chi connectivity index (χ3n) is 4.51. The monoisotopic (exact) mass is 254 g/mol. The molecule has 0 aromatic carbocycles. The zero-order valence-electron chi connectivity index (χ0n) is 14.1. The van der Waals surface area contributed by atoms with Crippen molar-refractivity contribution in [3.05, 3.63) is 0 Å². The Kier molecular flexibility index (Phi) is 9.87. The molecule has 0 radical (unpaired) electrons. The molecule has 0 aromatic heterocycles. The molecular formula is C18H38. The van der Waals surface area contributed by atoms with Crippen molar-refractivity contribution in [2.75, 3.05) is 0 Å². The van der Waals surface area contributed by atoms with Gasteiger partial charge in [-0.15, -0.1) is 0 Å². The van der Waals surface area contributed by atoms with Crippen molar-refractivity contribution in [3.63, 3.8) is 0 Å². The molecule has 0 bridgehead atoms. The lowest BCUT2D eigenvalue weighted by Crippen LogP contribution is -2.15. The smallest absolute Gasteiger partial charge is 0.0386 e. The quantitative estimate of drug-likeness (QED) is 0.415. The summed E-state index contributed by atoms with van der Waals surface area (Å²) in [5.74, 6) is 4.48. The van der Waals surface area contributed by atoms with Crippen LogP contribution in [0.4, 0.5) is 0 Å². The molecule has 0 aliphatic rings. The molecule has 110 valence electrons. The van der Waals surface area contributed by atoms with E-state index >= 15 is 0 Å². The second kappa shape index (κ2) is 9.87. The minimum atomic E-state index is 0.851. The second-order valence-corrected chi connectivity index (χ2v) is 7.42. The first-order chi connectivity index (χ1) is 8.36. The largest absolute Gasteiger partial charge is 0.0651 e. The van der Waals surface area contributed by atoms with E-state index in [1.165, 1.54) is 38.5 Å².